The van der Waals surface area contributed by atoms with E-state index in [2.05, 4.69) is 0 Å². The van der Waals surface area contributed by atoms with Crippen molar-refractivity contribution in [2.45, 2.75) is 0 Å². The molecule has 0 aromatic rings. The molecule has 0 aromatic carbocycles. The van der Waals surface area contributed by atoms with Crippen LogP contribution in [0.1, 0.15) is 0 Å². The van der Waals surface area contributed by atoms with Gasteiger partial charge in [-0.1, -0.05) is 0 Å². The van der Waals surface area contributed by atoms with E-state index in [1.165, 1.54) is 0 Å². The summed E-state index contributed by atoms with van der Waals surface area (Å²) in [5.41, 5.74) is 0. The zero-order chi connectivity index (χ0) is 0. The molecular weight excluding hydrogens is 348 g/mol. The molecule has 0 saturated carbocycles. The SMILES string of the molecule is [Li+].[Li+].[S-2].[S-2].[S-2].[S-2].[Sn+4].[Sr+2]. The Bertz CT molecular complexity index is 14.0. The average molecular weight is 348 g/mol. The summed E-state index contributed by atoms with van der Waals surface area (Å²) >= 11 is 0. The molecule has 0 radical (unpaired) electrons. The molecule has 0 aliphatic heterocycles. The largest absolute Gasteiger partial charge is 4.00 e. The molecule has 0 nitrogen and oxygen atoms in total. The van der Waals surface area contributed by atoms with E-state index in [0.717, 1.165) is 0 Å². The van der Waals surface area contributed by atoms with Gasteiger partial charge in [0, 0.05) is 0 Å². The molecule has 0 N–H and O–H groups in total. The van der Waals surface area contributed by atoms with Crippen LogP contribution in [0.4, 0.5) is 0 Å². The topological polar surface area (TPSA) is 0 Å². The molecular formula is Li2S4SnSr. The third-order valence-corrected chi connectivity index (χ3v) is 0. The molecule has 8 heteroatoms. The maximum Gasteiger partial charge on any atom is 4.00 e. The van der Waals surface area contributed by atoms with E-state index in [-0.39, 0.29) is 161 Å². The van der Waals surface area contributed by atoms with Gasteiger partial charge in [-0.2, -0.15) is 0 Å². The average Bonchev–Trinajstić information content (AvgIpc) is 0. The van der Waals surface area contributed by atoms with Gasteiger partial charge in [0.2, 0.25) is 0 Å². The summed E-state index contributed by atoms with van der Waals surface area (Å²) in [6, 6.07) is 0. The van der Waals surface area contributed by atoms with Crippen LogP contribution >= 0.6 is 0 Å². The molecule has 0 unspecified atom stereocenters. The summed E-state index contributed by atoms with van der Waals surface area (Å²) in [5.74, 6) is 0. The molecule has 0 bridgehead atoms. The van der Waals surface area contributed by atoms with Gasteiger partial charge < -0.3 is 54.0 Å². The molecule has 0 aromatic heterocycles. The molecule has 0 spiro atoms. The summed E-state index contributed by atoms with van der Waals surface area (Å²) in [4.78, 5) is 0. The standard InChI is InChI=1S/2Li.4S.Sn.Sr/q2*+1;4*-2;+4;+2. The molecule has 0 fully saturated rings. The first-order valence-electron chi connectivity index (χ1n) is 0. The Kier molecular flexibility index (Phi) is 564. The quantitative estimate of drug-likeness (QED) is 0.382. The van der Waals surface area contributed by atoms with E-state index < -0.39 is 0 Å². The minimum Gasteiger partial charge on any atom is -2.00 e. The fourth-order valence-corrected chi connectivity index (χ4v) is 0. The minimum absolute atomic E-state index is 0. The normalized spacial score (nSPS) is 0. The first-order valence-corrected chi connectivity index (χ1v) is 0. The van der Waals surface area contributed by atoms with Crippen molar-refractivity contribution in [1.82, 2.24) is 0 Å². The molecule has 0 heterocycles. The number of hydrogen-bond acceptors (Lipinski definition) is 0. The second-order valence-electron chi connectivity index (χ2n) is 0. The zero-order valence-electron chi connectivity index (χ0n) is 4.84. The van der Waals surface area contributed by atoms with E-state index in [9.17, 15) is 0 Å². The molecule has 0 aliphatic carbocycles. The van der Waals surface area contributed by atoms with Crippen LogP contribution in [-0.2, 0) is 54.0 Å². The maximum atomic E-state index is 0. The van der Waals surface area contributed by atoms with E-state index in [0.29, 0.717) is 0 Å². The van der Waals surface area contributed by atoms with Crippen molar-refractivity contribution in [3.05, 3.63) is 0 Å². The summed E-state index contributed by atoms with van der Waals surface area (Å²) in [7, 11) is 0. The van der Waals surface area contributed by atoms with Crippen molar-refractivity contribution in [2.75, 3.05) is 0 Å². The molecule has 32 valence electrons. The van der Waals surface area contributed by atoms with Gasteiger partial charge in [-0.25, -0.2) is 0 Å². The van der Waals surface area contributed by atoms with Crippen molar-refractivity contribution in [3.8, 4) is 0 Å². The van der Waals surface area contributed by atoms with Crippen LogP contribution in [0.25, 0.3) is 0 Å². The molecule has 0 amide bonds. The van der Waals surface area contributed by atoms with Crippen LogP contribution in [0.15, 0.2) is 0 Å². The van der Waals surface area contributed by atoms with Crippen LogP contribution in [0.5, 0.6) is 0 Å². The molecule has 8 heavy (non-hydrogen) atoms. The van der Waals surface area contributed by atoms with Gasteiger partial charge in [-0.05, 0) is 0 Å². The van der Waals surface area contributed by atoms with Gasteiger partial charge in [0.1, 0.15) is 0 Å². The van der Waals surface area contributed by atoms with Gasteiger partial charge in [0.05, 0.1) is 0 Å². The maximum absolute atomic E-state index is 0. The summed E-state index contributed by atoms with van der Waals surface area (Å²) in [6.45, 7) is 0. The van der Waals surface area contributed by atoms with Gasteiger partial charge in [0.25, 0.3) is 0 Å². The van der Waals surface area contributed by atoms with Crippen LogP contribution in [0, 0.1) is 0 Å². The predicted molar refractivity (Wildman–Crippen MR) is 41.0 cm³/mol. The Morgan fingerprint density at radius 3 is 0.500 bits per heavy atom. The predicted octanol–water partition coefficient (Wildman–Crippen LogP) is -6.76. The third kappa shape index (κ3) is 44.6. The second kappa shape index (κ2) is 59.1. The van der Waals surface area contributed by atoms with E-state index in [4.69, 9.17) is 0 Å². The zero-order valence-corrected chi connectivity index (χ0v) is 14.4. The monoisotopic (exact) mass is 350 g/mol. The van der Waals surface area contributed by atoms with E-state index in [1.54, 1.807) is 0 Å². The van der Waals surface area contributed by atoms with Crippen LogP contribution in [0.3, 0.4) is 0 Å². The van der Waals surface area contributed by atoms with E-state index >= 15 is 0 Å². The van der Waals surface area contributed by atoms with Crippen molar-refractivity contribution in [2.24, 2.45) is 0 Å². The van der Waals surface area contributed by atoms with Crippen molar-refractivity contribution in [1.29, 1.82) is 0 Å². The minimum atomic E-state index is 0. The van der Waals surface area contributed by atoms with Crippen LogP contribution in [-0.4, -0.2) is 69.4 Å². The van der Waals surface area contributed by atoms with Crippen molar-refractivity contribution >= 4 is 123 Å². The fraction of sp³-hybridized carbons (Fsp3) is 0. The summed E-state index contributed by atoms with van der Waals surface area (Å²) in [5, 5.41) is 0. The van der Waals surface area contributed by atoms with Gasteiger partial charge in [-0.3, -0.25) is 0 Å². The Morgan fingerprint density at radius 1 is 0.500 bits per heavy atom. The van der Waals surface area contributed by atoms with Gasteiger partial charge in [-0.15, -0.1) is 0 Å². The smallest absolute Gasteiger partial charge is 2.00 e. The Balaban J connectivity index is 0. The Morgan fingerprint density at radius 2 is 0.500 bits per heavy atom. The number of rotatable bonds is 0. The van der Waals surface area contributed by atoms with Gasteiger partial charge in [0.15, 0.2) is 0 Å². The Hall–Kier alpha value is 4.87. The van der Waals surface area contributed by atoms with E-state index in [1.807, 2.05) is 0 Å². The second-order valence-corrected chi connectivity index (χ2v) is 0. The third-order valence-electron chi connectivity index (χ3n) is 0. The summed E-state index contributed by atoms with van der Waals surface area (Å²) in [6.07, 6.45) is 0. The first-order chi connectivity index (χ1) is 0. The van der Waals surface area contributed by atoms with Crippen molar-refractivity contribution < 1.29 is 37.7 Å². The first kappa shape index (κ1) is 76.4. The Labute approximate surface area is 157 Å². The van der Waals surface area contributed by atoms with Crippen LogP contribution < -0.4 is 37.7 Å². The molecule has 0 aliphatic rings. The molecule has 0 rings (SSSR count). The molecule has 0 atom stereocenters. The van der Waals surface area contributed by atoms with Gasteiger partial charge >= 0.3 is 107 Å². The number of hydrogen-bond donors (Lipinski definition) is 0. The molecule has 0 saturated heterocycles. The fourth-order valence-electron chi connectivity index (χ4n) is 0. The van der Waals surface area contributed by atoms with Crippen LogP contribution in [0.2, 0.25) is 0 Å². The van der Waals surface area contributed by atoms with Crippen molar-refractivity contribution in [3.63, 3.8) is 0 Å². The summed E-state index contributed by atoms with van der Waals surface area (Å²) < 4.78 is 0.